The molecule has 7 heteroatoms. The van der Waals surface area contributed by atoms with Crippen LogP contribution < -0.4 is 0 Å². The van der Waals surface area contributed by atoms with Gasteiger partial charge in [-0.25, -0.2) is 0 Å². The van der Waals surface area contributed by atoms with Gasteiger partial charge in [0.15, 0.2) is 0 Å². The molecule has 0 unspecified atom stereocenters. The molecule has 120 valence electrons. The number of carbonyl (C=O) groups is 2. The van der Waals surface area contributed by atoms with Crippen molar-refractivity contribution < 1.29 is 19.6 Å². The summed E-state index contributed by atoms with van der Waals surface area (Å²) < 4.78 is 0. The number of carboxylic acid groups (broad SMARTS) is 1. The van der Waals surface area contributed by atoms with E-state index in [1.54, 1.807) is 33.8 Å². The maximum Gasteiger partial charge on any atom is 0.305 e. The molecule has 1 aromatic carbocycles. The summed E-state index contributed by atoms with van der Waals surface area (Å²) in [6.45, 7) is 7.07. The van der Waals surface area contributed by atoms with Crippen molar-refractivity contribution in [1.29, 1.82) is 0 Å². The average Bonchev–Trinajstić information content (AvgIpc) is 2.37. The van der Waals surface area contributed by atoms with Crippen LogP contribution in [0.1, 0.15) is 40.4 Å². The largest absolute Gasteiger partial charge is 0.481 e. The van der Waals surface area contributed by atoms with Crippen molar-refractivity contribution in [3.63, 3.8) is 0 Å². The zero-order valence-electron chi connectivity index (χ0n) is 13.2. The summed E-state index contributed by atoms with van der Waals surface area (Å²) in [5.41, 5.74) is 1.69. The number of carbonyl (C=O) groups excluding carboxylic acids is 1. The highest BCUT2D eigenvalue weighted by molar-refractivity contribution is 5.98. The normalized spacial score (nSPS) is 10.4. The molecule has 0 aliphatic carbocycles. The summed E-state index contributed by atoms with van der Waals surface area (Å²) in [6, 6.07) is 1.61. The Morgan fingerprint density at radius 2 is 1.86 bits per heavy atom. The molecule has 0 saturated heterocycles. The Hall–Kier alpha value is -2.44. The van der Waals surface area contributed by atoms with Gasteiger partial charge in [-0.3, -0.25) is 19.7 Å². The van der Waals surface area contributed by atoms with E-state index in [-0.39, 0.29) is 30.1 Å². The van der Waals surface area contributed by atoms with E-state index in [2.05, 4.69) is 0 Å². The van der Waals surface area contributed by atoms with Crippen LogP contribution in [0.25, 0.3) is 0 Å². The standard InChI is InChI=1S/C15H20N2O5/c1-5-16(7-6-12(18)19)15(20)13-9(2)8-10(3)14(11(13)4)17(21)22/h8H,5-7H2,1-4H3,(H,18,19). The predicted molar refractivity (Wildman–Crippen MR) is 81.1 cm³/mol. The number of nitro benzene ring substituents is 1. The quantitative estimate of drug-likeness (QED) is 0.642. The Balaban J connectivity index is 3.30. The SMILES string of the molecule is CCN(CCC(=O)O)C(=O)c1c(C)cc(C)c([N+](=O)[O-])c1C. The highest BCUT2D eigenvalue weighted by Gasteiger charge is 2.26. The first-order valence-electron chi connectivity index (χ1n) is 6.96. The molecule has 1 aromatic rings. The lowest BCUT2D eigenvalue weighted by Crippen LogP contribution is -2.34. The van der Waals surface area contributed by atoms with Crippen molar-refractivity contribution in [3.05, 3.63) is 38.4 Å². The third-order valence-electron chi connectivity index (χ3n) is 3.59. The van der Waals surface area contributed by atoms with Crippen molar-refractivity contribution in [3.8, 4) is 0 Å². The van der Waals surface area contributed by atoms with Crippen LogP contribution in [0.15, 0.2) is 6.07 Å². The van der Waals surface area contributed by atoms with Gasteiger partial charge < -0.3 is 10.0 Å². The van der Waals surface area contributed by atoms with E-state index in [1.165, 1.54) is 4.90 Å². The summed E-state index contributed by atoms with van der Waals surface area (Å²) in [5.74, 6) is -1.36. The summed E-state index contributed by atoms with van der Waals surface area (Å²) in [4.78, 5) is 35.4. The molecule has 0 heterocycles. The number of carboxylic acids is 1. The second-order valence-electron chi connectivity index (χ2n) is 5.14. The Morgan fingerprint density at radius 1 is 1.27 bits per heavy atom. The average molecular weight is 308 g/mol. The molecule has 1 N–H and O–H groups in total. The Kier molecular flexibility index (Phi) is 5.62. The van der Waals surface area contributed by atoms with Crippen LogP contribution in [0, 0.1) is 30.9 Å². The van der Waals surface area contributed by atoms with E-state index < -0.39 is 10.9 Å². The minimum absolute atomic E-state index is 0.0664. The highest BCUT2D eigenvalue weighted by atomic mass is 16.6. The van der Waals surface area contributed by atoms with Crippen LogP contribution in [0.2, 0.25) is 0 Å². The Morgan fingerprint density at radius 3 is 2.32 bits per heavy atom. The number of aliphatic carboxylic acids is 1. The molecule has 0 saturated carbocycles. The molecule has 0 fully saturated rings. The van der Waals surface area contributed by atoms with Crippen molar-refractivity contribution >= 4 is 17.6 Å². The third kappa shape index (κ3) is 3.60. The molecule has 0 radical (unpaired) electrons. The van der Waals surface area contributed by atoms with Gasteiger partial charge in [-0.05, 0) is 39.3 Å². The third-order valence-corrected chi connectivity index (χ3v) is 3.59. The lowest BCUT2D eigenvalue weighted by molar-refractivity contribution is -0.386. The highest BCUT2D eigenvalue weighted by Crippen LogP contribution is 2.29. The van der Waals surface area contributed by atoms with Crippen LogP contribution in [0.5, 0.6) is 0 Å². The maximum absolute atomic E-state index is 12.6. The van der Waals surface area contributed by atoms with E-state index >= 15 is 0 Å². The molecule has 22 heavy (non-hydrogen) atoms. The van der Waals surface area contributed by atoms with Crippen LogP contribution in [-0.4, -0.2) is 39.9 Å². The molecule has 0 atom stereocenters. The van der Waals surface area contributed by atoms with Gasteiger partial charge in [-0.1, -0.05) is 0 Å². The van der Waals surface area contributed by atoms with Gasteiger partial charge in [0.25, 0.3) is 11.6 Å². The molecule has 0 aromatic heterocycles. The summed E-state index contributed by atoms with van der Waals surface area (Å²) in [5, 5.41) is 19.9. The van der Waals surface area contributed by atoms with Gasteiger partial charge >= 0.3 is 5.97 Å². The molecular formula is C15H20N2O5. The predicted octanol–water partition coefficient (Wildman–Crippen LogP) is 2.46. The fraction of sp³-hybridized carbons (Fsp3) is 0.467. The van der Waals surface area contributed by atoms with Crippen LogP contribution in [-0.2, 0) is 4.79 Å². The number of aryl methyl sites for hydroxylation is 2. The second-order valence-corrected chi connectivity index (χ2v) is 5.14. The molecule has 7 nitrogen and oxygen atoms in total. The first-order chi connectivity index (χ1) is 10.2. The monoisotopic (exact) mass is 308 g/mol. The van der Waals surface area contributed by atoms with Gasteiger partial charge in [0, 0.05) is 24.2 Å². The lowest BCUT2D eigenvalue weighted by Gasteiger charge is -2.22. The van der Waals surface area contributed by atoms with Gasteiger partial charge in [-0.15, -0.1) is 0 Å². The van der Waals surface area contributed by atoms with Gasteiger partial charge in [0.1, 0.15) is 0 Å². The zero-order chi connectivity index (χ0) is 17.0. The number of rotatable bonds is 6. The fourth-order valence-corrected chi connectivity index (χ4v) is 2.58. The van der Waals surface area contributed by atoms with Crippen LogP contribution in [0.4, 0.5) is 5.69 Å². The molecule has 0 aliphatic heterocycles. The molecule has 1 rings (SSSR count). The first kappa shape index (κ1) is 17.6. The minimum atomic E-state index is -0.991. The number of benzene rings is 1. The van der Waals surface area contributed by atoms with Crippen LogP contribution in [0.3, 0.4) is 0 Å². The number of hydrogen-bond donors (Lipinski definition) is 1. The number of amides is 1. The smallest absolute Gasteiger partial charge is 0.305 e. The van der Waals surface area contributed by atoms with Crippen molar-refractivity contribution in [2.24, 2.45) is 0 Å². The van der Waals surface area contributed by atoms with Crippen molar-refractivity contribution in [2.45, 2.75) is 34.1 Å². The Bertz CT molecular complexity index is 625. The van der Waals surface area contributed by atoms with E-state index in [0.717, 1.165) is 0 Å². The molecule has 0 spiro atoms. The minimum Gasteiger partial charge on any atom is -0.481 e. The number of nitro groups is 1. The van der Waals surface area contributed by atoms with E-state index in [1.807, 2.05) is 0 Å². The number of nitrogens with zero attached hydrogens (tertiary/aromatic N) is 2. The molecular weight excluding hydrogens is 288 g/mol. The fourth-order valence-electron chi connectivity index (χ4n) is 2.58. The van der Waals surface area contributed by atoms with E-state index in [4.69, 9.17) is 5.11 Å². The summed E-state index contributed by atoms with van der Waals surface area (Å²) in [7, 11) is 0. The summed E-state index contributed by atoms with van der Waals surface area (Å²) in [6.07, 6.45) is -0.161. The zero-order valence-corrected chi connectivity index (χ0v) is 13.2. The number of hydrogen-bond acceptors (Lipinski definition) is 4. The molecule has 0 bridgehead atoms. The van der Waals surface area contributed by atoms with Crippen molar-refractivity contribution in [2.75, 3.05) is 13.1 Å². The topological polar surface area (TPSA) is 101 Å². The first-order valence-corrected chi connectivity index (χ1v) is 6.96. The van der Waals surface area contributed by atoms with Gasteiger partial charge in [0.2, 0.25) is 0 Å². The van der Waals surface area contributed by atoms with E-state index in [9.17, 15) is 19.7 Å². The second kappa shape index (κ2) is 7.02. The molecule has 1 amide bonds. The van der Waals surface area contributed by atoms with Gasteiger partial charge in [-0.2, -0.15) is 0 Å². The lowest BCUT2D eigenvalue weighted by atomic mass is 9.96. The van der Waals surface area contributed by atoms with Crippen molar-refractivity contribution in [1.82, 2.24) is 4.90 Å². The van der Waals surface area contributed by atoms with Crippen LogP contribution >= 0.6 is 0 Å². The Labute approximate surface area is 128 Å². The summed E-state index contributed by atoms with van der Waals surface area (Å²) >= 11 is 0. The van der Waals surface area contributed by atoms with Gasteiger partial charge in [0.05, 0.1) is 16.9 Å². The maximum atomic E-state index is 12.6. The van der Waals surface area contributed by atoms with E-state index in [0.29, 0.717) is 23.2 Å². The molecule has 0 aliphatic rings.